The largest absolute Gasteiger partial charge is 0.459 e. The molecule has 0 heterocycles. The van der Waals surface area contributed by atoms with Gasteiger partial charge in [-0.05, 0) is 38.5 Å². The van der Waals surface area contributed by atoms with Gasteiger partial charge in [0.2, 0.25) is 0 Å². The Morgan fingerprint density at radius 3 is 2.74 bits per heavy atom. The predicted octanol–water partition coefficient (Wildman–Crippen LogP) is 2.41. The lowest BCUT2D eigenvalue weighted by Gasteiger charge is -2.20. The number of hydrogen-bond donors (Lipinski definition) is 2. The maximum Gasteiger partial charge on any atom is 0.320 e. The van der Waals surface area contributed by atoms with Crippen molar-refractivity contribution in [2.75, 3.05) is 13.1 Å². The van der Waals surface area contributed by atoms with E-state index in [1.165, 1.54) is 0 Å². The number of aliphatic hydroxyl groups is 1. The summed E-state index contributed by atoms with van der Waals surface area (Å²) in [6, 6.07) is 7.44. The Bertz CT molecular complexity index is 429. The van der Waals surface area contributed by atoms with Crippen LogP contribution in [0, 0.1) is 0 Å². The number of carbonyl (C=O) groups excluding carboxylic acids is 1. The monoisotopic (exact) mass is 329 g/mol. The molecule has 0 aliphatic carbocycles. The van der Waals surface area contributed by atoms with Gasteiger partial charge in [0.1, 0.15) is 5.60 Å². The molecule has 4 nitrogen and oxygen atoms in total. The van der Waals surface area contributed by atoms with Gasteiger partial charge in [-0.25, -0.2) is 0 Å². The van der Waals surface area contributed by atoms with Gasteiger partial charge in [0.25, 0.3) is 0 Å². The van der Waals surface area contributed by atoms with Crippen LogP contribution in [0.2, 0.25) is 0 Å². The first-order chi connectivity index (χ1) is 8.78. The minimum atomic E-state index is -0.653. The second kappa shape index (κ2) is 7.03. The summed E-state index contributed by atoms with van der Waals surface area (Å²) in [5.41, 5.74) is 0.313. The second-order valence-electron chi connectivity index (χ2n) is 5.29. The molecule has 1 aromatic carbocycles. The van der Waals surface area contributed by atoms with Crippen molar-refractivity contribution in [1.29, 1.82) is 0 Å². The van der Waals surface area contributed by atoms with E-state index in [9.17, 15) is 9.90 Å². The third-order valence-corrected chi connectivity index (χ3v) is 2.75. The standard InChI is InChI=1S/C14H20BrNO3/c1-14(2,3)19-13(18)9-16-8-12(17)10-5-4-6-11(15)7-10/h4-7,12,16-17H,8-9H2,1-3H3/t12-/m1/s1. The second-order valence-corrected chi connectivity index (χ2v) is 6.20. The molecule has 1 rings (SSSR count). The first-order valence-corrected chi connectivity index (χ1v) is 6.93. The van der Waals surface area contributed by atoms with Crippen LogP contribution in [-0.2, 0) is 9.53 Å². The summed E-state index contributed by atoms with van der Waals surface area (Å²) in [7, 11) is 0. The van der Waals surface area contributed by atoms with Crippen molar-refractivity contribution in [3.8, 4) is 0 Å². The lowest BCUT2D eigenvalue weighted by molar-refractivity contribution is -0.153. The van der Waals surface area contributed by atoms with E-state index < -0.39 is 11.7 Å². The number of halogens is 1. The minimum absolute atomic E-state index is 0.0856. The van der Waals surface area contributed by atoms with Crippen LogP contribution in [0.3, 0.4) is 0 Å². The Balaban J connectivity index is 2.35. The predicted molar refractivity (Wildman–Crippen MR) is 77.8 cm³/mol. The molecule has 2 N–H and O–H groups in total. The molecule has 0 radical (unpaired) electrons. The number of hydrogen-bond acceptors (Lipinski definition) is 4. The van der Waals surface area contributed by atoms with E-state index in [2.05, 4.69) is 21.2 Å². The molecule has 5 heteroatoms. The molecule has 0 aliphatic rings. The van der Waals surface area contributed by atoms with E-state index in [0.717, 1.165) is 10.0 Å². The Morgan fingerprint density at radius 2 is 2.16 bits per heavy atom. The Labute approximate surface area is 122 Å². The highest BCUT2D eigenvalue weighted by atomic mass is 79.9. The van der Waals surface area contributed by atoms with Crippen LogP contribution in [-0.4, -0.2) is 29.8 Å². The van der Waals surface area contributed by atoms with Crippen LogP contribution in [0.4, 0.5) is 0 Å². The molecule has 0 saturated heterocycles. The zero-order valence-electron chi connectivity index (χ0n) is 11.4. The summed E-state index contributed by atoms with van der Waals surface area (Å²) in [6.45, 7) is 5.85. The van der Waals surface area contributed by atoms with E-state index >= 15 is 0 Å². The average Bonchev–Trinajstić information content (AvgIpc) is 2.26. The fourth-order valence-corrected chi connectivity index (χ4v) is 1.94. The van der Waals surface area contributed by atoms with E-state index in [-0.39, 0.29) is 12.5 Å². The molecule has 1 atom stereocenters. The molecule has 106 valence electrons. The van der Waals surface area contributed by atoms with Crippen molar-refractivity contribution < 1.29 is 14.6 Å². The topological polar surface area (TPSA) is 58.6 Å². The van der Waals surface area contributed by atoms with E-state index in [1.54, 1.807) is 0 Å². The number of aliphatic hydroxyl groups excluding tert-OH is 1. The molecular formula is C14H20BrNO3. The van der Waals surface area contributed by atoms with Gasteiger partial charge >= 0.3 is 5.97 Å². The summed E-state index contributed by atoms with van der Waals surface area (Å²) in [4.78, 5) is 11.5. The van der Waals surface area contributed by atoms with E-state index in [1.807, 2.05) is 45.0 Å². The van der Waals surface area contributed by atoms with Crippen molar-refractivity contribution in [3.63, 3.8) is 0 Å². The number of carbonyl (C=O) groups is 1. The average molecular weight is 330 g/mol. The summed E-state index contributed by atoms with van der Waals surface area (Å²) in [5.74, 6) is -0.325. The summed E-state index contributed by atoms with van der Waals surface area (Å²) >= 11 is 3.35. The van der Waals surface area contributed by atoms with Crippen LogP contribution in [0.25, 0.3) is 0 Å². The number of benzene rings is 1. The van der Waals surface area contributed by atoms with Crippen LogP contribution in [0.5, 0.6) is 0 Å². The highest BCUT2D eigenvalue weighted by molar-refractivity contribution is 9.10. The lowest BCUT2D eigenvalue weighted by atomic mass is 10.1. The van der Waals surface area contributed by atoms with Gasteiger partial charge in [-0.1, -0.05) is 28.1 Å². The normalized spacial score (nSPS) is 13.1. The lowest BCUT2D eigenvalue weighted by Crippen LogP contribution is -2.33. The fourth-order valence-electron chi connectivity index (χ4n) is 1.52. The van der Waals surface area contributed by atoms with Crippen molar-refractivity contribution in [2.45, 2.75) is 32.5 Å². The first-order valence-electron chi connectivity index (χ1n) is 6.14. The first kappa shape index (κ1) is 16.1. The third-order valence-electron chi connectivity index (χ3n) is 2.26. The zero-order chi connectivity index (χ0) is 14.5. The Kier molecular flexibility index (Phi) is 5.97. The summed E-state index contributed by atoms with van der Waals surface area (Å²) < 4.78 is 6.07. The summed E-state index contributed by atoms with van der Waals surface area (Å²) in [5, 5.41) is 12.8. The fraction of sp³-hybridized carbons (Fsp3) is 0.500. The van der Waals surface area contributed by atoms with Crippen molar-refractivity contribution in [3.05, 3.63) is 34.3 Å². The maximum atomic E-state index is 11.5. The van der Waals surface area contributed by atoms with Crippen LogP contribution < -0.4 is 5.32 Å². The van der Waals surface area contributed by atoms with Gasteiger partial charge in [-0.3, -0.25) is 4.79 Å². The number of ether oxygens (including phenoxy) is 1. The number of esters is 1. The molecule has 0 saturated carbocycles. The molecule has 1 aromatic rings. The molecule has 0 spiro atoms. The molecular weight excluding hydrogens is 310 g/mol. The third kappa shape index (κ3) is 6.71. The van der Waals surface area contributed by atoms with Crippen molar-refractivity contribution in [2.24, 2.45) is 0 Å². The Hall–Kier alpha value is -0.910. The van der Waals surface area contributed by atoms with E-state index in [0.29, 0.717) is 6.54 Å². The van der Waals surface area contributed by atoms with E-state index in [4.69, 9.17) is 4.74 Å². The summed E-state index contributed by atoms with van der Waals surface area (Å²) in [6.07, 6.45) is -0.653. The highest BCUT2D eigenvalue weighted by Gasteiger charge is 2.16. The van der Waals surface area contributed by atoms with Gasteiger partial charge in [0.15, 0.2) is 0 Å². The van der Waals surface area contributed by atoms with Crippen molar-refractivity contribution in [1.82, 2.24) is 5.32 Å². The highest BCUT2D eigenvalue weighted by Crippen LogP contribution is 2.17. The molecule has 19 heavy (non-hydrogen) atoms. The van der Waals surface area contributed by atoms with Gasteiger partial charge < -0.3 is 15.2 Å². The van der Waals surface area contributed by atoms with Gasteiger partial charge in [-0.15, -0.1) is 0 Å². The van der Waals surface area contributed by atoms with Crippen LogP contribution >= 0.6 is 15.9 Å². The Morgan fingerprint density at radius 1 is 1.47 bits per heavy atom. The smallest absolute Gasteiger partial charge is 0.320 e. The maximum absolute atomic E-state index is 11.5. The van der Waals surface area contributed by atoms with Crippen molar-refractivity contribution >= 4 is 21.9 Å². The molecule has 0 unspecified atom stereocenters. The zero-order valence-corrected chi connectivity index (χ0v) is 13.0. The SMILES string of the molecule is CC(C)(C)OC(=O)CNC[C@@H](O)c1cccc(Br)c1. The number of rotatable bonds is 5. The number of nitrogens with one attached hydrogen (secondary N) is 1. The molecule has 0 amide bonds. The van der Waals surface area contributed by atoms with Crippen LogP contribution in [0.1, 0.15) is 32.4 Å². The minimum Gasteiger partial charge on any atom is -0.459 e. The van der Waals surface area contributed by atoms with Gasteiger partial charge in [-0.2, -0.15) is 0 Å². The van der Waals surface area contributed by atoms with Crippen LogP contribution in [0.15, 0.2) is 28.7 Å². The molecule has 0 bridgehead atoms. The molecule has 0 aromatic heterocycles. The quantitative estimate of drug-likeness (QED) is 0.814. The van der Waals surface area contributed by atoms with Gasteiger partial charge in [0.05, 0.1) is 12.6 Å². The molecule has 0 fully saturated rings. The molecule has 0 aliphatic heterocycles. The van der Waals surface area contributed by atoms with Gasteiger partial charge in [0, 0.05) is 11.0 Å².